The maximum Gasteiger partial charge on any atom is 0.229 e. The average Bonchev–Trinajstić information content (AvgIpc) is 2.68. The zero-order valence-electron chi connectivity index (χ0n) is 16.4. The number of hydrogen-bond acceptors (Lipinski definition) is 4. The molecule has 0 amide bonds. The van der Waals surface area contributed by atoms with E-state index in [1.165, 1.54) is 0 Å². The van der Waals surface area contributed by atoms with Gasteiger partial charge >= 0.3 is 0 Å². The van der Waals surface area contributed by atoms with E-state index in [2.05, 4.69) is 30.9 Å². The predicted molar refractivity (Wildman–Crippen MR) is 129 cm³/mol. The zero-order chi connectivity index (χ0) is 21.5. The van der Waals surface area contributed by atoms with Gasteiger partial charge in [0.1, 0.15) is 0 Å². The Kier molecular flexibility index (Phi) is 7.57. The number of aromatic nitrogens is 2. The van der Waals surface area contributed by atoms with Crippen LogP contribution in [0.3, 0.4) is 0 Å². The van der Waals surface area contributed by atoms with Gasteiger partial charge in [0.05, 0.1) is 17.3 Å². The van der Waals surface area contributed by atoms with Gasteiger partial charge in [0.2, 0.25) is 11.9 Å². The Bertz CT molecular complexity index is 1070. The molecular formula is C21H20Cl2N6S. The maximum atomic E-state index is 6.25. The molecule has 0 saturated carbocycles. The number of anilines is 2. The first-order chi connectivity index (χ1) is 14.4. The smallest absolute Gasteiger partial charge is 0.229 e. The lowest BCUT2D eigenvalue weighted by Crippen LogP contribution is -2.39. The van der Waals surface area contributed by atoms with Crippen LogP contribution in [0.25, 0.3) is 0 Å². The lowest BCUT2D eigenvalue weighted by atomic mass is 10.2. The molecule has 154 valence electrons. The summed E-state index contributed by atoms with van der Waals surface area (Å²) in [5, 5.41) is 10.7. The normalized spacial score (nSPS) is 11.1. The zero-order valence-corrected chi connectivity index (χ0v) is 18.7. The number of hydrogen-bond donors (Lipinski definition) is 3. The number of aryl methyl sites for hydroxylation is 2. The van der Waals surface area contributed by atoms with E-state index in [1.54, 1.807) is 6.07 Å². The molecule has 3 N–H and O–H groups in total. The van der Waals surface area contributed by atoms with Crippen molar-refractivity contribution in [1.29, 1.82) is 0 Å². The molecule has 0 atom stereocenters. The Morgan fingerprint density at radius 1 is 0.933 bits per heavy atom. The minimum Gasteiger partial charge on any atom is -0.331 e. The van der Waals surface area contributed by atoms with Crippen LogP contribution < -0.4 is 16.0 Å². The van der Waals surface area contributed by atoms with E-state index in [1.807, 2.05) is 62.4 Å². The Morgan fingerprint density at radius 3 is 2.23 bits per heavy atom. The molecular weight excluding hydrogens is 439 g/mol. The van der Waals surface area contributed by atoms with Crippen molar-refractivity contribution in [2.45, 2.75) is 20.4 Å². The molecule has 0 fully saturated rings. The number of benzene rings is 2. The summed E-state index contributed by atoms with van der Waals surface area (Å²) in [6.07, 6.45) is 0. The minimum atomic E-state index is 0.317. The summed E-state index contributed by atoms with van der Waals surface area (Å²) >= 11 is 17.9. The molecule has 0 spiro atoms. The average molecular weight is 459 g/mol. The fourth-order valence-corrected chi connectivity index (χ4v) is 3.20. The molecule has 0 aliphatic carbocycles. The highest BCUT2D eigenvalue weighted by molar-refractivity contribution is 7.80. The van der Waals surface area contributed by atoms with Crippen LogP contribution in [0.2, 0.25) is 10.0 Å². The van der Waals surface area contributed by atoms with E-state index in [-0.39, 0.29) is 0 Å². The second kappa shape index (κ2) is 10.3. The number of thiocarbonyl (C=S) groups is 1. The Balaban J connectivity index is 1.80. The number of guanidine groups is 1. The first-order valence-corrected chi connectivity index (χ1v) is 10.3. The molecule has 0 saturated heterocycles. The summed E-state index contributed by atoms with van der Waals surface area (Å²) in [6.45, 7) is 4.14. The van der Waals surface area contributed by atoms with Crippen LogP contribution in [-0.2, 0) is 6.54 Å². The molecule has 0 radical (unpaired) electrons. The van der Waals surface area contributed by atoms with Crippen LogP contribution in [0.15, 0.2) is 59.6 Å². The molecule has 3 rings (SSSR count). The van der Waals surface area contributed by atoms with Crippen molar-refractivity contribution in [3.05, 3.63) is 81.6 Å². The molecule has 1 heterocycles. The van der Waals surface area contributed by atoms with E-state index in [0.29, 0.717) is 39.3 Å². The third-order valence-corrected chi connectivity index (χ3v) is 4.83. The number of nitrogens with one attached hydrogen (secondary N) is 3. The summed E-state index contributed by atoms with van der Waals surface area (Å²) in [7, 11) is 0. The van der Waals surface area contributed by atoms with Crippen LogP contribution >= 0.6 is 35.4 Å². The van der Waals surface area contributed by atoms with Gasteiger partial charge in [-0.2, -0.15) is 0 Å². The number of para-hydroxylation sites is 1. The highest BCUT2D eigenvalue weighted by atomic mass is 35.5. The largest absolute Gasteiger partial charge is 0.331 e. The molecule has 0 bridgehead atoms. The highest BCUT2D eigenvalue weighted by Crippen LogP contribution is 2.20. The molecule has 0 aliphatic heterocycles. The summed E-state index contributed by atoms with van der Waals surface area (Å²) in [5.41, 5.74) is 3.25. The van der Waals surface area contributed by atoms with E-state index in [4.69, 9.17) is 35.4 Å². The summed E-state index contributed by atoms with van der Waals surface area (Å²) < 4.78 is 0. The van der Waals surface area contributed by atoms with Gasteiger partial charge in [-0.05, 0) is 55.9 Å². The van der Waals surface area contributed by atoms with Gasteiger partial charge in [-0.1, -0.05) is 53.5 Å². The number of rotatable bonds is 4. The minimum absolute atomic E-state index is 0.317. The number of aliphatic imine (C=N–C) groups is 1. The predicted octanol–water partition coefficient (Wildman–Crippen LogP) is 5.35. The van der Waals surface area contributed by atoms with Gasteiger partial charge in [0.15, 0.2) is 5.11 Å². The Labute approximate surface area is 190 Å². The third kappa shape index (κ3) is 6.38. The first kappa shape index (κ1) is 22.0. The van der Waals surface area contributed by atoms with Crippen LogP contribution in [0.1, 0.15) is 17.0 Å². The molecule has 0 aliphatic rings. The second-order valence-corrected chi connectivity index (χ2v) is 7.64. The van der Waals surface area contributed by atoms with Crippen LogP contribution in [0.5, 0.6) is 0 Å². The van der Waals surface area contributed by atoms with E-state index >= 15 is 0 Å². The molecule has 6 nitrogen and oxygen atoms in total. The second-order valence-electron chi connectivity index (χ2n) is 6.41. The topological polar surface area (TPSA) is 74.2 Å². The summed E-state index contributed by atoms with van der Waals surface area (Å²) in [5.74, 6) is 0.794. The van der Waals surface area contributed by atoms with Crippen molar-refractivity contribution in [1.82, 2.24) is 15.3 Å². The molecule has 3 aromatic rings. The third-order valence-electron chi connectivity index (χ3n) is 3.93. The monoisotopic (exact) mass is 458 g/mol. The quantitative estimate of drug-likeness (QED) is 0.277. The Morgan fingerprint density at radius 2 is 1.57 bits per heavy atom. The van der Waals surface area contributed by atoms with Crippen LogP contribution in [-0.4, -0.2) is 21.0 Å². The number of halogens is 2. The highest BCUT2D eigenvalue weighted by Gasteiger charge is 2.09. The lowest BCUT2D eigenvalue weighted by Gasteiger charge is -2.15. The maximum absolute atomic E-state index is 6.25. The van der Waals surface area contributed by atoms with Crippen molar-refractivity contribution in [3.8, 4) is 0 Å². The van der Waals surface area contributed by atoms with Crippen molar-refractivity contribution < 1.29 is 0 Å². The summed E-state index contributed by atoms with van der Waals surface area (Å²) in [4.78, 5) is 13.4. The van der Waals surface area contributed by atoms with E-state index < -0.39 is 0 Å². The van der Waals surface area contributed by atoms with Gasteiger partial charge in [0.25, 0.3) is 0 Å². The van der Waals surface area contributed by atoms with Crippen LogP contribution in [0.4, 0.5) is 11.6 Å². The fourth-order valence-electron chi connectivity index (χ4n) is 2.61. The van der Waals surface area contributed by atoms with Gasteiger partial charge < -0.3 is 10.6 Å². The van der Waals surface area contributed by atoms with Gasteiger partial charge in [-0.3, -0.25) is 5.32 Å². The van der Waals surface area contributed by atoms with Crippen molar-refractivity contribution in [3.63, 3.8) is 0 Å². The Hall–Kier alpha value is -2.74. The first-order valence-electron chi connectivity index (χ1n) is 9.10. The standard InChI is InChI=1S/C21H20Cl2N6S/c1-13-11-14(2)26-20(25-13)28-19(24-12-15-7-3-4-8-16(15)22)29-21(30)27-18-10-6-5-9-17(18)23/h3-11H,12H2,1-2H3,(H3,24,25,26,27,28,29,30). The fraction of sp³-hybridized carbons (Fsp3) is 0.143. The van der Waals surface area contributed by atoms with Gasteiger partial charge in [-0.15, -0.1) is 0 Å². The van der Waals surface area contributed by atoms with Crippen LogP contribution in [0, 0.1) is 13.8 Å². The van der Waals surface area contributed by atoms with Gasteiger partial charge in [0, 0.05) is 16.4 Å². The van der Waals surface area contributed by atoms with E-state index in [0.717, 1.165) is 17.0 Å². The van der Waals surface area contributed by atoms with Crippen molar-refractivity contribution in [2.75, 3.05) is 10.6 Å². The lowest BCUT2D eigenvalue weighted by molar-refractivity contribution is 1.03. The SMILES string of the molecule is Cc1cc(C)nc(NC(=NCc2ccccc2Cl)NC(=S)Nc2ccccc2Cl)n1. The molecule has 0 unspecified atom stereocenters. The van der Waals surface area contributed by atoms with E-state index in [9.17, 15) is 0 Å². The number of nitrogens with zero attached hydrogens (tertiary/aromatic N) is 3. The van der Waals surface area contributed by atoms with Crippen molar-refractivity contribution in [2.24, 2.45) is 4.99 Å². The van der Waals surface area contributed by atoms with Crippen molar-refractivity contribution >= 4 is 58.1 Å². The molecule has 1 aromatic heterocycles. The molecule has 2 aromatic carbocycles. The molecule has 30 heavy (non-hydrogen) atoms. The van der Waals surface area contributed by atoms with Gasteiger partial charge in [-0.25, -0.2) is 15.0 Å². The molecule has 9 heteroatoms. The summed E-state index contributed by atoms with van der Waals surface area (Å²) in [6, 6.07) is 16.7.